The van der Waals surface area contributed by atoms with E-state index in [2.05, 4.69) is 22.1 Å². The second kappa shape index (κ2) is 6.66. The summed E-state index contributed by atoms with van der Waals surface area (Å²) < 4.78 is 2.36. The van der Waals surface area contributed by atoms with Crippen LogP contribution in [0.4, 0.5) is 0 Å². The van der Waals surface area contributed by atoms with Crippen LogP contribution in [-0.2, 0) is 12.8 Å². The zero-order chi connectivity index (χ0) is 15.6. The van der Waals surface area contributed by atoms with E-state index in [0.717, 1.165) is 31.0 Å². The highest BCUT2D eigenvalue weighted by Crippen LogP contribution is 2.36. The minimum Gasteiger partial charge on any atom is -0.316 e. The van der Waals surface area contributed by atoms with Crippen LogP contribution >= 0.6 is 11.6 Å². The van der Waals surface area contributed by atoms with E-state index in [9.17, 15) is 0 Å². The zero-order valence-corrected chi connectivity index (χ0v) is 14.3. The van der Waals surface area contributed by atoms with E-state index >= 15 is 0 Å². The number of benzene rings is 1. The zero-order valence-electron chi connectivity index (χ0n) is 13.5. The molecule has 0 atom stereocenters. The van der Waals surface area contributed by atoms with Gasteiger partial charge in [0.05, 0.1) is 17.4 Å². The molecule has 0 bridgehead atoms. The minimum atomic E-state index is 0.564. The number of fused-ring (bicyclic) bond motifs is 1. The average molecular weight is 330 g/mol. The van der Waals surface area contributed by atoms with Gasteiger partial charge in [0, 0.05) is 29.1 Å². The Morgan fingerprint density at radius 3 is 2.52 bits per heavy atom. The second-order valence-corrected chi connectivity index (χ2v) is 7.20. The maximum Gasteiger partial charge on any atom is 0.0720 e. The molecule has 1 aliphatic carbocycles. The fourth-order valence-electron chi connectivity index (χ4n) is 4.03. The first kappa shape index (κ1) is 15.2. The van der Waals surface area contributed by atoms with Gasteiger partial charge in [0.2, 0.25) is 0 Å². The van der Waals surface area contributed by atoms with Crippen molar-refractivity contribution in [3.05, 3.63) is 40.5 Å². The second-order valence-electron chi connectivity index (χ2n) is 6.77. The lowest BCUT2D eigenvalue weighted by Crippen LogP contribution is -2.19. The van der Waals surface area contributed by atoms with E-state index < -0.39 is 0 Å². The molecule has 1 aliphatic heterocycles. The molecule has 122 valence electrons. The summed E-state index contributed by atoms with van der Waals surface area (Å²) in [6.45, 7) is 2.08. The van der Waals surface area contributed by atoms with Crippen LogP contribution in [0.2, 0.25) is 5.02 Å². The molecule has 1 fully saturated rings. The van der Waals surface area contributed by atoms with Crippen LogP contribution in [0.1, 0.15) is 49.4 Å². The Morgan fingerprint density at radius 1 is 1.00 bits per heavy atom. The highest BCUT2D eigenvalue weighted by molar-refractivity contribution is 6.30. The van der Waals surface area contributed by atoms with Gasteiger partial charge in [-0.25, -0.2) is 0 Å². The smallest absolute Gasteiger partial charge is 0.0720 e. The van der Waals surface area contributed by atoms with E-state index in [1.54, 1.807) is 0 Å². The number of hydrogen-bond donors (Lipinski definition) is 1. The molecule has 0 spiro atoms. The first-order valence-corrected chi connectivity index (χ1v) is 9.27. The predicted octanol–water partition coefficient (Wildman–Crippen LogP) is 4.40. The van der Waals surface area contributed by atoms with Gasteiger partial charge in [-0.3, -0.25) is 4.68 Å². The summed E-state index contributed by atoms with van der Waals surface area (Å²) in [7, 11) is 0. The fraction of sp³-hybridized carbons (Fsp3) is 0.526. The van der Waals surface area contributed by atoms with Crippen molar-refractivity contribution in [1.82, 2.24) is 15.1 Å². The summed E-state index contributed by atoms with van der Waals surface area (Å²) in [6.07, 6.45) is 8.67. The Balaban J connectivity index is 1.82. The summed E-state index contributed by atoms with van der Waals surface area (Å²) in [5.41, 5.74) is 5.34. The summed E-state index contributed by atoms with van der Waals surface area (Å²) in [5.74, 6) is 0. The van der Waals surface area contributed by atoms with Crippen molar-refractivity contribution < 1.29 is 0 Å². The van der Waals surface area contributed by atoms with E-state index in [0.29, 0.717) is 6.04 Å². The van der Waals surface area contributed by atoms with Crippen molar-refractivity contribution in [2.45, 2.75) is 51.0 Å². The Labute approximate surface area is 143 Å². The van der Waals surface area contributed by atoms with E-state index in [1.165, 1.54) is 54.6 Å². The summed E-state index contributed by atoms with van der Waals surface area (Å²) in [5, 5.41) is 9.37. The van der Waals surface area contributed by atoms with Crippen LogP contribution in [-0.4, -0.2) is 22.9 Å². The molecule has 0 saturated heterocycles. The van der Waals surface area contributed by atoms with Gasteiger partial charge in [0.1, 0.15) is 0 Å². The Hall–Kier alpha value is -1.32. The summed E-state index contributed by atoms with van der Waals surface area (Å²) >= 11 is 6.10. The fourth-order valence-corrected chi connectivity index (χ4v) is 4.15. The van der Waals surface area contributed by atoms with Crippen molar-refractivity contribution in [2.75, 3.05) is 13.1 Å². The van der Waals surface area contributed by atoms with Gasteiger partial charge in [-0.1, -0.05) is 43.0 Å². The quantitative estimate of drug-likeness (QED) is 0.885. The molecule has 1 aromatic heterocycles. The van der Waals surface area contributed by atoms with E-state index in [-0.39, 0.29) is 0 Å². The van der Waals surface area contributed by atoms with Gasteiger partial charge < -0.3 is 5.32 Å². The van der Waals surface area contributed by atoms with Gasteiger partial charge >= 0.3 is 0 Å². The highest BCUT2D eigenvalue weighted by Gasteiger charge is 2.25. The van der Waals surface area contributed by atoms with Gasteiger partial charge in [-0.15, -0.1) is 0 Å². The number of hydrogen-bond acceptors (Lipinski definition) is 2. The van der Waals surface area contributed by atoms with Crippen LogP contribution in [0, 0.1) is 0 Å². The topological polar surface area (TPSA) is 29.9 Å². The average Bonchev–Trinajstić information content (AvgIpc) is 2.79. The van der Waals surface area contributed by atoms with Gasteiger partial charge in [0.25, 0.3) is 0 Å². The first-order valence-electron chi connectivity index (χ1n) is 8.90. The third-order valence-electron chi connectivity index (χ3n) is 5.22. The number of nitrogens with zero attached hydrogens (tertiary/aromatic N) is 2. The lowest BCUT2D eigenvalue weighted by molar-refractivity contribution is 0.330. The molecule has 4 rings (SSSR count). The molecule has 3 nitrogen and oxygen atoms in total. The molecule has 2 aliphatic rings. The van der Waals surface area contributed by atoms with Crippen molar-refractivity contribution >= 4 is 11.6 Å². The normalized spacial score (nSPS) is 19.3. The van der Waals surface area contributed by atoms with E-state index in [4.69, 9.17) is 16.7 Å². The Morgan fingerprint density at radius 2 is 1.74 bits per heavy atom. The maximum absolute atomic E-state index is 6.10. The molecule has 1 N–H and O–H groups in total. The highest BCUT2D eigenvalue weighted by atomic mass is 35.5. The Kier molecular flexibility index (Phi) is 4.41. The molecule has 4 heteroatoms. The molecule has 0 radical (unpaired) electrons. The largest absolute Gasteiger partial charge is 0.316 e. The maximum atomic E-state index is 6.10. The number of rotatable bonds is 2. The van der Waals surface area contributed by atoms with Crippen molar-refractivity contribution in [3.63, 3.8) is 0 Å². The summed E-state index contributed by atoms with van der Waals surface area (Å²) in [6, 6.07) is 8.86. The van der Waals surface area contributed by atoms with Gasteiger partial charge in [-0.05, 0) is 37.9 Å². The molecular weight excluding hydrogens is 306 g/mol. The third kappa shape index (κ3) is 3.05. The molecule has 0 amide bonds. The van der Waals surface area contributed by atoms with Crippen LogP contribution in [0.3, 0.4) is 0 Å². The molecule has 1 aromatic carbocycles. The van der Waals surface area contributed by atoms with Crippen LogP contribution in [0.15, 0.2) is 24.3 Å². The minimum absolute atomic E-state index is 0.564. The monoisotopic (exact) mass is 329 g/mol. The SMILES string of the molecule is Clc1ccc(-c2c3c(nn2C2CCCCC2)CCNCC3)cc1. The first-order chi connectivity index (χ1) is 11.3. The molecular formula is C19H24ClN3. The number of halogens is 1. The number of aromatic nitrogens is 2. The lowest BCUT2D eigenvalue weighted by atomic mass is 9.94. The Bertz CT molecular complexity index is 669. The van der Waals surface area contributed by atoms with Crippen molar-refractivity contribution in [3.8, 4) is 11.3 Å². The summed E-state index contributed by atoms with van der Waals surface area (Å²) in [4.78, 5) is 0. The molecule has 23 heavy (non-hydrogen) atoms. The van der Waals surface area contributed by atoms with Gasteiger partial charge in [-0.2, -0.15) is 5.10 Å². The lowest BCUT2D eigenvalue weighted by Gasteiger charge is -2.24. The molecule has 2 heterocycles. The standard InChI is InChI=1S/C19H24ClN3/c20-15-8-6-14(7-9-15)19-17-10-12-21-13-11-18(17)22-23(19)16-4-2-1-3-5-16/h6-9,16,21H,1-5,10-13H2. The van der Waals surface area contributed by atoms with Crippen molar-refractivity contribution in [1.29, 1.82) is 0 Å². The van der Waals surface area contributed by atoms with Crippen LogP contribution in [0.5, 0.6) is 0 Å². The predicted molar refractivity (Wildman–Crippen MR) is 95.1 cm³/mol. The molecule has 0 unspecified atom stereocenters. The van der Waals surface area contributed by atoms with Crippen LogP contribution in [0.25, 0.3) is 11.3 Å². The van der Waals surface area contributed by atoms with E-state index in [1.807, 2.05) is 12.1 Å². The molecule has 1 saturated carbocycles. The third-order valence-corrected chi connectivity index (χ3v) is 5.47. The number of nitrogens with one attached hydrogen (secondary N) is 1. The van der Waals surface area contributed by atoms with Gasteiger partial charge in [0.15, 0.2) is 0 Å². The molecule has 2 aromatic rings. The van der Waals surface area contributed by atoms with Crippen molar-refractivity contribution in [2.24, 2.45) is 0 Å². The van der Waals surface area contributed by atoms with Crippen LogP contribution < -0.4 is 5.32 Å².